The largest absolute Gasteiger partial charge is 0.352 e. The molecule has 1 aliphatic heterocycles. The highest BCUT2D eigenvalue weighted by atomic mass is 16.2. The van der Waals surface area contributed by atoms with Crippen LogP contribution < -0.4 is 5.32 Å². The molecular weight excluding hydrogens is 150 g/mol. The molecule has 0 spiro atoms. The molecule has 2 aliphatic carbocycles. The van der Waals surface area contributed by atoms with E-state index in [0.717, 1.165) is 18.3 Å². The molecule has 0 aromatic carbocycles. The molecule has 2 heteroatoms. The van der Waals surface area contributed by atoms with Gasteiger partial charge in [0.25, 0.3) is 0 Å². The van der Waals surface area contributed by atoms with Crippen molar-refractivity contribution in [2.24, 2.45) is 17.8 Å². The summed E-state index contributed by atoms with van der Waals surface area (Å²) in [5, 5.41) is 3.06. The molecule has 0 aromatic heterocycles. The molecule has 1 N–H and O–H groups in total. The summed E-state index contributed by atoms with van der Waals surface area (Å²) in [5.74, 6) is 2.57. The van der Waals surface area contributed by atoms with Gasteiger partial charge in [0.05, 0.1) is 5.92 Å². The predicted octanol–water partition coefficient (Wildman–Crippen LogP) is 1.31. The van der Waals surface area contributed by atoms with E-state index in [1.807, 2.05) is 0 Å². The first kappa shape index (κ1) is 6.93. The minimum atomic E-state index is 0.326. The summed E-state index contributed by atoms with van der Waals surface area (Å²) in [6, 6.07) is 0.586. The molecule has 2 saturated carbocycles. The van der Waals surface area contributed by atoms with Crippen molar-refractivity contribution in [1.82, 2.24) is 5.32 Å². The van der Waals surface area contributed by atoms with Crippen LogP contribution in [-0.4, -0.2) is 11.9 Å². The van der Waals surface area contributed by atoms with Crippen molar-refractivity contribution in [2.45, 2.75) is 38.1 Å². The van der Waals surface area contributed by atoms with Crippen molar-refractivity contribution < 1.29 is 4.79 Å². The summed E-state index contributed by atoms with van der Waals surface area (Å²) in [4.78, 5) is 11.2. The fraction of sp³-hybridized carbons (Fsp3) is 0.900. The Morgan fingerprint density at radius 1 is 1.25 bits per heavy atom. The minimum Gasteiger partial charge on any atom is -0.352 e. The van der Waals surface area contributed by atoms with E-state index in [2.05, 4.69) is 5.32 Å². The maximum absolute atomic E-state index is 11.2. The van der Waals surface area contributed by atoms with Gasteiger partial charge in [-0.25, -0.2) is 0 Å². The van der Waals surface area contributed by atoms with Gasteiger partial charge in [0.1, 0.15) is 0 Å². The van der Waals surface area contributed by atoms with Gasteiger partial charge in [-0.15, -0.1) is 0 Å². The van der Waals surface area contributed by atoms with Crippen LogP contribution >= 0.6 is 0 Å². The third-order valence-electron chi connectivity index (χ3n) is 3.86. The molecule has 2 nitrogen and oxygen atoms in total. The van der Waals surface area contributed by atoms with Crippen LogP contribution in [0.5, 0.6) is 0 Å². The van der Waals surface area contributed by atoms with E-state index in [-0.39, 0.29) is 0 Å². The predicted molar refractivity (Wildman–Crippen MR) is 45.5 cm³/mol. The Bertz CT molecular complexity index is 226. The number of rotatable bonds is 0. The smallest absolute Gasteiger partial charge is 0.225 e. The number of carbonyl (C=O) groups is 1. The van der Waals surface area contributed by atoms with Crippen molar-refractivity contribution in [3.05, 3.63) is 0 Å². The van der Waals surface area contributed by atoms with Gasteiger partial charge in [0.2, 0.25) is 5.91 Å². The zero-order valence-electron chi connectivity index (χ0n) is 7.25. The van der Waals surface area contributed by atoms with Gasteiger partial charge in [-0.1, -0.05) is 19.3 Å². The van der Waals surface area contributed by atoms with Gasteiger partial charge in [0.15, 0.2) is 0 Å². The van der Waals surface area contributed by atoms with Crippen molar-refractivity contribution in [3.8, 4) is 0 Å². The van der Waals surface area contributed by atoms with Crippen LogP contribution in [-0.2, 0) is 4.79 Å². The number of amides is 1. The second-order valence-corrected chi connectivity index (χ2v) is 4.58. The SMILES string of the molecule is O=C1N[C@@H]2[C@H]3C[C@H]3CCCC[C@H]12. The highest BCUT2D eigenvalue weighted by Crippen LogP contribution is 2.50. The van der Waals surface area contributed by atoms with Crippen molar-refractivity contribution in [1.29, 1.82) is 0 Å². The summed E-state index contributed by atoms with van der Waals surface area (Å²) in [6.07, 6.45) is 6.60. The maximum atomic E-state index is 11.2. The normalized spacial score (nSPS) is 50.5. The lowest BCUT2D eigenvalue weighted by atomic mass is 9.80. The summed E-state index contributed by atoms with van der Waals surface area (Å²) < 4.78 is 0. The lowest BCUT2D eigenvalue weighted by molar-refractivity contribution is -0.136. The quantitative estimate of drug-likeness (QED) is 0.539. The van der Waals surface area contributed by atoms with E-state index in [1.165, 1.54) is 25.7 Å². The second kappa shape index (κ2) is 2.24. The molecule has 1 saturated heterocycles. The van der Waals surface area contributed by atoms with E-state index >= 15 is 0 Å². The van der Waals surface area contributed by atoms with Crippen molar-refractivity contribution >= 4 is 5.91 Å². The van der Waals surface area contributed by atoms with Crippen molar-refractivity contribution in [2.75, 3.05) is 0 Å². The van der Waals surface area contributed by atoms with Crippen LogP contribution in [0.15, 0.2) is 0 Å². The van der Waals surface area contributed by atoms with Crippen LogP contribution in [0.2, 0.25) is 0 Å². The topological polar surface area (TPSA) is 29.1 Å². The molecule has 0 aromatic rings. The molecule has 0 bridgehead atoms. The Hall–Kier alpha value is -0.530. The van der Waals surface area contributed by atoms with Crippen molar-refractivity contribution in [3.63, 3.8) is 0 Å². The van der Waals surface area contributed by atoms with Gasteiger partial charge in [-0.05, 0) is 24.7 Å². The summed E-state index contributed by atoms with van der Waals surface area (Å²) >= 11 is 0. The van der Waals surface area contributed by atoms with Crippen LogP contribution in [0.4, 0.5) is 0 Å². The van der Waals surface area contributed by atoms with Gasteiger partial charge in [0, 0.05) is 6.04 Å². The lowest BCUT2D eigenvalue weighted by Crippen LogP contribution is -2.59. The average Bonchev–Trinajstić information content (AvgIpc) is 2.75. The van der Waals surface area contributed by atoms with Crippen LogP contribution in [0.25, 0.3) is 0 Å². The number of hydrogen-bond donors (Lipinski definition) is 1. The molecule has 1 amide bonds. The van der Waals surface area contributed by atoms with E-state index in [9.17, 15) is 4.79 Å². The van der Waals surface area contributed by atoms with E-state index in [1.54, 1.807) is 0 Å². The number of carbonyl (C=O) groups excluding carboxylic acids is 1. The Morgan fingerprint density at radius 3 is 2.92 bits per heavy atom. The summed E-state index contributed by atoms with van der Waals surface area (Å²) in [5.41, 5.74) is 0. The van der Waals surface area contributed by atoms with E-state index < -0.39 is 0 Å². The third kappa shape index (κ3) is 0.838. The zero-order chi connectivity index (χ0) is 8.13. The standard InChI is InChI=1S/C10H15NO/c12-10-7-4-2-1-3-6-5-8(6)9(7)11-10/h6-9H,1-5H2,(H,11,12)/t6-,7+,8+,9+/m1/s1. The van der Waals surface area contributed by atoms with E-state index in [4.69, 9.17) is 0 Å². The Kier molecular flexibility index (Phi) is 1.29. The monoisotopic (exact) mass is 165 g/mol. The third-order valence-corrected chi connectivity index (χ3v) is 3.86. The fourth-order valence-electron chi connectivity index (χ4n) is 2.97. The van der Waals surface area contributed by atoms with Gasteiger partial charge in [-0.3, -0.25) is 4.79 Å². The first-order chi connectivity index (χ1) is 5.86. The van der Waals surface area contributed by atoms with Crippen LogP contribution in [0.3, 0.4) is 0 Å². The first-order valence-corrected chi connectivity index (χ1v) is 5.16. The average molecular weight is 165 g/mol. The Labute approximate surface area is 72.7 Å². The van der Waals surface area contributed by atoms with E-state index in [0.29, 0.717) is 17.9 Å². The molecule has 3 rings (SSSR count). The molecule has 4 atom stereocenters. The molecule has 1 heterocycles. The fourth-order valence-corrected chi connectivity index (χ4v) is 2.97. The maximum Gasteiger partial charge on any atom is 0.225 e. The molecular formula is C10H15NO. The molecule has 12 heavy (non-hydrogen) atoms. The lowest BCUT2D eigenvalue weighted by Gasteiger charge is -2.38. The van der Waals surface area contributed by atoms with Crippen LogP contribution in [0.1, 0.15) is 32.1 Å². The number of hydrogen-bond acceptors (Lipinski definition) is 1. The van der Waals surface area contributed by atoms with Gasteiger partial charge < -0.3 is 5.32 Å². The van der Waals surface area contributed by atoms with Gasteiger partial charge >= 0.3 is 0 Å². The molecule has 0 radical (unpaired) electrons. The minimum absolute atomic E-state index is 0.326. The molecule has 0 unspecified atom stereocenters. The van der Waals surface area contributed by atoms with Crippen LogP contribution in [0, 0.1) is 17.8 Å². The Morgan fingerprint density at radius 2 is 2.08 bits per heavy atom. The Balaban J connectivity index is 1.75. The molecule has 3 fully saturated rings. The number of fused-ring (bicyclic) bond motifs is 3. The first-order valence-electron chi connectivity index (χ1n) is 5.16. The highest BCUT2D eigenvalue weighted by Gasteiger charge is 2.53. The van der Waals surface area contributed by atoms with Gasteiger partial charge in [-0.2, -0.15) is 0 Å². The zero-order valence-corrected chi connectivity index (χ0v) is 7.25. The number of β-lactam (4-membered cyclic amide) rings is 1. The highest BCUT2D eigenvalue weighted by molar-refractivity contribution is 5.86. The number of nitrogens with one attached hydrogen (secondary N) is 1. The second-order valence-electron chi connectivity index (χ2n) is 4.58. The summed E-state index contributed by atoms with van der Waals surface area (Å²) in [7, 11) is 0. The molecule has 66 valence electrons. The summed E-state index contributed by atoms with van der Waals surface area (Å²) in [6.45, 7) is 0. The molecule has 3 aliphatic rings.